The van der Waals surface area contributed by atoms with Crippen molar-refractivity contribution in [3.8, 4) is 0 Å². The highest BCUT2D eigenvalue weighted by atomic mass is 16.2. The Labute approximate surface area is 110 Å². The quantitative estimate of drug-likeness (QED) is 0.758. The Morgan fingerprint density at radius 2 is 2.00 bits per heavy atom. The van der Waals surface area contributed by atoms with Gasteiger partial charge in [0.2, 0.25) is 5.91 Å². The minimum atomic E-state index is 0.283. The molecule has 0 radical (unpaired) electrons. The Balaban J connectivity index is 1.77. The van der Waals surface area contributed by atoms with E-state index in [2.05, 4.69) is 11.5 Å². The summed E-state index contributed by atoms with van der Waals surface area (Å²) in [6.07, 6.45) is 6.54. The number of carbonyl (C=O) groups excluding carboxylic acids is 1. The molecular weight excluding hydrogens is 226 g/mol. The molecule has 0 bridgehead atoms. The van der Waals surface area contributed by atoms with Crippen molar-refractivity contribution in [2.75, 3.05) is 26.2 Å². The lowest BCUT2D eigenvalue weighted by Gasteiger charge is -2.34. The lowest BCUT2D eigenvalue weighted by molar-refractivity contribution is -0.130. The van der Waals surface area contributed by atoms with Crippen LogP contribution in [0, 0.1) is 0 Å². The SMILES string of the molecule is C=CCCC(=O)N1CCC(N2CCC(N)CC2)C1. The second-order valence-corrected chi connectivity index (χ2v) is 5.48. The maximum atomic E-state index is 11.9. The number of nitrogens with zero attached hydrogens (tertiary/aromatic N) is 2. The van der Waals surface area contributed by atoms with Crippen LogP contribution in [-0.4, -0.2) is 54.0 Å². The molecule has 0 aliphatic carbocycles. The molecule has 2 heterocycles. The summed E-state index contributed by atoms with van der Waals surface area (Å²) in [6, 6.07) is 0.943. The molecule has 2 aliphatic heterocycles. The van der Waals surface area contributed by atoms with Crippen molar-refractivity contribution < 1.29 is 4.79 Å². The van der Waals surface area contributed by atoms with Crippen LogP contribution in [0.2, 0.25) is 0 Å². The number of rotatable bonds is 4. The normalized spacial score (nSPS) is 26.5. The molecular formula is C14H25N3O. The number of nitrogens with two attached hydrogens (primary N) is 1. The van der Waals surface area contributed by atoms with Gasteiger partial charge in [-0.05, 0) is 38.8 Å². The zero-order valence-corrected chi connectivity index (χ0v) is 11.2. The number of hydrogen-bond donors (Lipinski definition) is 1. The Kier molecular flexibility index (Phi) is 4.78. The molecule has 0 saturated carbocycles. The molecule has 102 valence electrons. The second-order valence-electron chi connectivity index (χ2n) is 5.48. The van der Waals surface area contributed by atoms with Gasteiger partial charge >= 0.3 is 0 Å². The molecule has 2 fully saturated rings. The van der Waals surface area contributed by atoms with Crippen LogP contribution in [-0.2, 0) is 4.79 Å². The molecule has 2 rings (SSSR count). The molecule has 18 heavy (non-hydrogen) atoms. The van der Waals surface area contributed by atoms with Gasteiger partial charge in [-0.1, -0.05) is 6.08 Å². The van der Waals surface area contributed by atoms with Crippen molar-refractivity contribution in [2.24, 2.45) is 5.73 Å². The lowest BCUT2D eigenvalue weighted by Crippen LogP contribution is -2.46. The summed E-state index contributed by atoms with van der Waals surface area (Å²) in [7, 11) is 0. The van der Waals surface area contributed by atoms with Gasteiger partial charge in [-0.3, -0.25) is 9.69 Å². The third-order valence-electron chi connectivity index (χ3n) is 4.17. The van der Waals surface area contributed by atoms with E-state index in [1.54, 1.807) is 0 Å². The van der Waals surface area contributed by atoms with E-state index >= 15 is 0 Å². The van der Waals surface area contributed by atoms with Crippen LogP contribution in [0.4, 0.5) is 0 Å². The van der Waals surface area contributed by atoms with Crippen LogP contribution in [0.1, 0.15) is 32.1 Å². The number of allylic oxidation sites excluding steroid dienone is 1. The molecule has 2 aliphatic rings. The molecule has 0 aromatic carbocycles. The molecule has 4 nitrogen and oxygen atoms in total. The first-order valence-electron chi connectivity index (χ1n) is 7.09. The van der Waals surface area contributed by atoms with Crippen molar-refractivity contribution >= 4 is 5.91 Å². The fourth-order valence-corrected chi connectivity index (χ4v) is 2.93. The summed E-state index contributed by atoms with van der Waals surface area (Å²) >= 11 is 0. The smallest absolute Gasteiger partial charge is 0.222 e. The topological polar surface area (TPSA) is 49.6 Å². The van der Waals surface area contributed by atoms with Crippen molar-refractivity contribution in [1.29, 1.82) is 0 Å². The number of piperidine rings is 1. The molecule has 2 N–H and O–H groups in total. The highest BCUT2D eigenvalue weighted by Crippen LogP contribution is 2.20. The van der Waals surface area contributed by atoms with Gasteiger partial charge in [-0.25, -0.2) is 0 Å². The zero-order valence-electron chi connectivity index (χ0n) is 11.2. The van der Waals surface area contributed by atoms with E-state index < -0.39 is 0 Å². The Hall–Kier alpha value is -0.870. The van der Waals surface area contributed by atoms with E-state index in [0.717, 1.165) is 51.9 Å². The summed E-state index contributed by atoms with van der Waals surface area (Å²) in [5, 5.41) is 0. The van der Waals surface area contributed by atoms with Gasteiger partial charge < -0.3 is 10.6 Å². The first-order valence-corrected chi connectivity index (χ1v) is 7.09. The zero-order chi connectivity index (χ0) is 13.0. The summed E-state index contributed by atoms with van der Waals surface area (Å²) in [6.45, 7) is 7.69. The molecule has 4 heteroatoms. The Morgan fingerprint density at radius 1 is 1.28 bits per heavy atom. The van der Waals surface area contributed by atoms with E-state index in [-0.39, 0.29) is 5.91 Å². The number of amides is 1. The molecule has 0 aromatic rings. The number of carbonyl (C=O) groups is 1. The average Bonchev–Trinajstić information content (AvgIpc) is 2.86. The van der Waals surface area contributed by atoms with Crippen LogP contribution in [0.15, 0.2) is 12.7 Å². The van der Waals surface area contributed by atoms with Crippen LogP contribution in [0.25, 0.3) is 0 Å². The van der Waals surface area contributed by atoms with Crippen LogP contribution in [0.5, 0.6) is 0 Å². The van der Waals surface area contributed by atoms with E-state index in [0.29, 0.717) is 18.5 Å². The van der Waals surface area contributed by atoms with Gasteiger partial charge in [0, 0.05) is 31.6 Å². The van der Waals surface area contributed by atoms with E-state index in [9.17, 15) is 4.79 Å². The third kappa shape index (κ3) is 3.33. The van der Waals surface area contributed by atoms with E-state index in [1.165, 1.54) is 0 Å². The molecule has 2 saturated heterocycles. The van der Waals surface area contributed by atoms with Crippen LogP contribution >= 0.6 is 0 Å². The first-order chi connectivity index (χ1) is 8.70. The van der Waals surface area contributed by atoms with Crippen LogP contribution < -0.4 is 5.73 Å². The molecule has 1 amide bonds. The van der Waals surface area contributed by atoms with Crippen molar-refractivity contribution in [3.05, 3.63) is 12.7 Å². The largest absolute Gasteiger partial charge is 0.341 e. The predicted octanol–water partition coefficient (Wildman–Crippen LogP) is 0.977. The lowest BCUT2D eigenvalue weighted by atomic mass is 10.0. The predicted molar refractivity (Wildman–Crippen MR) is 73.2 cm³/mol. The van der Waals surface area contributed by atoms with Crippen molar-refractivity contribution in [3.63, 3.8) is 0 Å². The number of hydrogen-bond acceptors (Lipinski definition) is 3. The fraction of sp³-hybridized carbons (Fsp3) is 0.786. The highest BCUT2D eigenvalue weighted by molar-refractivity contribution is 5.76. The van der Waals surface area contributed by atoms with Gasteiger partial charge in [0.1, 0.15) is 0 Å². The second kappa shape index (κ2) is 6.34. The minimum absolute atomic E-state index is 0.283. The maximum Gasteiger partial charge on any atom is 0.222 e. The monoisotopic (exact) mass is 251 g/mol. The number of likely N-dealkylation sites (tertiary alicyclic amines) is 2. The first kappa shape index (κ1) is 13.6. The summed E-state index contributed by atoms with van der Waals surface area (Å²) in [5.74, 6) is 0.283. The molecule has 0 spiro atoms. The van der Waals surface area contributed by atoms with Crippen molar-refractivity contribution in [1.82, 2.24) is 9.80 Å². The van der Waals surface area contributed by atoms with Gasteiger partial charge in [0.05, 0.1) is 0 Å². The standard InChI is InChI=1S/C14H25N3O/c1-2-3-4-14(18)17-10-7-13(11-17)16-8-5-12(15)6-9-16/h2,12-13H,1,3-11,15H2. The van der Waals surface area contributed by atoms with Gasteiger partial charge in [0.15, 0.2) is 0 Å². The Morgan fingerprint density at radius 3 is 2.67 bits per heavy atom. The average molecular weight is 251 g/mol. The van der Waals surface area contributed by atoms with Gasteiger partial charge in [0.25, 0.3) is 0 Å². The third-order valence-corrected chi connectivity index (χ3v) is 4.17. The highest BCUT2D eigenvalue weighted by Gasteiger charge is 2.31. The maximum absolute atomic E-state index is 11.9. The van der Waals surface area contributed by atoms with Crippen molar-refractivity contribution in [2.45, 2.75) is 44.2 Å². The van der Waals surface area contributed by atoms with Crippen LogP contribution in [0.3, 0.4) is 0 Å². The van der Waals surface area contributed by atoms with Gasteiger partial charge in [-0.15, -0.1) is 6.58 Å². The molecule has 0 aromatic heterocycles. The van der Waals surface area contributed by atoms with E-state index in [4.69, 9.17) is 5.73 Å². The summed E-state index contributed by atoms with van der Waals surface area (Å²) in [5.41, 5.74) is 5.93. The summed E-state index contributed by atoms with van der Waals surface area (Å²) < 4.78 is 0. The Bertz CT molecular complexity index is 297. The van der Waals surface area contributed by atoms with Gasteiger partial charge in [-0.2, -0.15) is 0 Å². The summed E-state index contributed by atoms with van der Waals surface area (Å²) in [4.78, 5) is 16.5. The van der Waals surface area contributed by atoms with E-state index in [1.807, 2.05) is 11.0 Å². The fourth-order valence-electron chi connectivity index (χ4n) is 2.93. The minimum Gasteiger partial charge on any atom is -0.341 e. The molecule has 1 unspecified atom stereocenters. The molecule has 1 atom stereocenters.